The average Bonchev–Trinajstić information content (AvgIpc) is 3.05. The van der Waals surface area contributed by atoms with Gasteiger partial charge in [0.05, 0.1) is 11.9 Å². The lowest BCUT2D eigenvalue weighted by Gasteiger charge is -2.14. The van der Waals surface area contributed by atoms with Gasteiger partial charge in [-0.2, -0.15) is 5.10 Å². The molecule has 6 heteroatoms. The second kappa shape index (κ2) is 5.54. The van der Waals surface area contributed by atoms with E-state index in [-0.39, 0.29) is 0 Å². The fraction of sp³-hybridized carbons (Fsp3) is 0.571. The second-order valence-electron chi connectivity index (χ2n) is 5.49. The molecular weight excluding hydrogens is 270 g/mol. The number of thiazole rings is 1. The van der Waals surface area contributed by atoms with Crippen molar-refractivity contribution in [3.8, 4) is 0 Å². The van der Waals surface area contributed by atoms with Gasteiger partial charge in [-0.3, -0.25) is 4.68 Å². The van der Waals surface area contributed by atoms with E-state index < -0.39 is 0 Å². The van der Waals surface area contributed by atoms with Crippen LogP contribution in [0.3, 0.4) is 0 Å². The number of hydrogen-bond acceptors (Lipinski definition) is 5. The van der Waals surface area contributed by atoms with Crippen LogP contribution in [-0.2, 0) is 20.1 Å². The number of rotatable bonds is 6. The molecule has 1 aliphatic carbocycles. The molecule has 2 heterocycles. The molecule has 0 unspecified atom stereocenters. The molecule has 0 bridgehead atoms. The molecule has 108 valence electrons. The van der Waals surface area contributed by atoms with Crippen molar-refractivity contribution in [1.29, 1.82) is 0 Å². The van der Waals surface area contributed by atoms with E-state index >= 15 is 0 Å². The predicted octanol–water partition coefficient (Wildman–Crippen LogP) is 2.11. The Morgan fingerprint density at radius 1 is 1.50 bits per heavy atom. The maximum absolute atomic E-state index is 4.87. The fourth-order valence-electron chi connectivity index (χ4n) is 2.37. The summed E-state index contributed by atoms with van der Waals surface area (Å²) in [7, 11) is 6.05. The monoisotopic (exact) mass is 291 g/mol. The highest BCUT2D eigenvalue weighted by Crippen LogP contribution is 2.44. The Hall–Kier alpha value is -1.40. The Morgan fingerprint density at radius 2 is 2.30 bits per heavy atom. The number of aromatic nitrogens is 3. The van der Waals surface area contributed by atoms with E-state index in [4.69, 9.17) is 4.98 Å². The molecule has 0 aromatic carbocycles. The lowest BCUT2D eigenvalue weighted by molar-refractivity contribution is 0.766. The SMILES string of the molecule is CNCc1sc(N(C)Cc2cnn(C)c2)nc1C1CC1. The van der Waals surface area contributed by atoms with Crippen molar-refractivity contribution in [1.82, 2.24) is 20.1 Å². The van der Waals surface area contributed by atoms with Crippen LogP contribution in [0.4, 0.5) is 5.13 Å². The summed E-state index contributed by atoms with van der Waals surface area (Å²) in [6.45, 7) is 1.77. The summed E-state index contributed by atoms with van der Waals surface area (Å²) in [6.07, 6.45) is 6.57. The number of aryl methyl sites for hydroxylation is 1. The highest BCUT2D eigenvalue weighted by atomic mass is 32.1. The molecule has 0 saturated heterocycles. The van der Waals surface area contributed by atoms with Gasteiger partial charge in [-0.05, 0) is 19.9 Å². The summed E-state index contributed by atoms with van der Waals surface area (Å²) in [5.74, 6) is 0.704. The first-order valence-electron chi connectivity index (χ1n) is 7.00. The molecule has 3 rings (SSSR count). The number of hydrogen-bond donors (Lipinski definition) is 1. The molecule has 0 spiro atoms. The van der Waals surface area contributed by atoms with Crippen molar-refractivity contribution < 1.29 is 0 Å². The standard InChI is InChI=1S/C14H21N5S/c1-15-7-12-13(11-4-5-11)17-14(20-12)18(2)8-10-6-16-19(3)9-10/h6,9,11,15H,4-5,7-8H2,1-3H3. The van der Waals surface area contributed by atoms with Crippen LogP contribution < -0.4 is 10.2 Å². The maximum atomic E-state index is 4.87. The summed E-state index contributed by atoms with van der Waals surface area (Å²) in [5.41, 5.74) is 2.53. The zero-order chi connectivity index (χ0) is 14.1. The van der Waals surface area contributed by atoms with E-state index in [1.165, 1.54) is 29.0 Å². The number of anilines is 1. The minimum Gasteiger partial charge on any atom is -0.347 e. The Balaban J connectivity index is 1.76. The van der Waals surface area contributed by atoms with E-state index in [1.54, 1.807) is 0 Å². The second-order valence-corrected chi connectivity index (χ2v) is 6.55. The predicted molar refractivity (Wildman–Crippen MR) is 82.2 cm³/mol. The topological polar surface area (TPSA) is 46.0 Å². The van der Waals surface area contributed by atoms with E-state index in [1.807, 2.05) is 36.3 Å². The third-order valence-corrected chi connectivity index (χ3v) is 4.71. The third kappa shape index (κ3) is 2.86. The summed E-state index contributed by atoms with van der Waals surface area (Å²) in [4.78, 5) is 8.48. The normalized spacial score (nSPS) is 14.8. The van der Waals surface area contributed by atoms with E-state index in [9.17, 15) is 0 Å². The first kappa shape index (κ1) is 13.6. The summed E-state index contributed by atoms with van der Waals surface area (Å²) >= 11 is 1.81. The summed E-state index contributed by atoms with van der Waals surface area (Å²) in [6, 6.07) is 0. The van der Waals surface area contributed by atoms with Gasteiger partial charge >= 0.3 is 0 Å². The summed E-state index contributed by atoms with van der Waals surface area (Å²) < 4.78 is 1.84. The first-order valence-corrected chi connectivity index (χ1v) is 7.82. The molecule has 2 aromatic rings. The van der Waals surface area contributed by atoms with Crippen LogP contribution >= 0.6 is 11.3 Å². The molecule has 20 heavy (non-hydrogen) atoms. The van der Waals surface area contributed by atoms with Crippen molar-refractivity contribution in [3.63, 3.8) is 0 Å². The van der Waals surface area contributed by atoms with Gasteiger partial charge in [0.1, 0.15) is 0 Å². The molecule has 2 aromatic heterocycles. The van der Waals surface area contributed by atoms with Crippen LogP contribution in [0.15, 0.2) is 12.4 Å². The first-order chi connectivity index (χ1) is 9.67. The van der Waals surface area contributed by atoms with Gasteiger partial charge in [-0.1, -0.05) is 0 Å². The van der Waals surface area contributed by atoms with Gasteiger partial charge in [-0.15, -0.1) is 11.3 Å². The van der Waals surface area contributed by atoms with Crippen LogP contribution in [0.2, 0.25) is 0 Å². The quantitative estimate of drug-likeness (QED) is 0.885. The van der Waals surface area contributed by atoms with Crippen LogP contribution in [-0.4, -0.2) is 28.9 Å². The largest absolute Gasteiger partial charge is 0.347 e. The van der Waals surface area contributed by atoms with E-state index in [0.29, 0.717) is 5.92 Å². The number of nitrogens with one attached hydrogen (secondary N) is 1. The van der Waals surface area contributed by atoms with Crippen molar-refractivity contribution in [2.24, 2.45) is 7.05 Å². The maximum Gasteiger partial charge on any atom is 0.185 e. The highest BCUT2D eigenvalue weighted by molar-refractivity contribution is 7.15. The molecule has 1 saturated carbocycles. The van der Waals surface area contributed by atoms with Gasteiger partial charge in [0, 0.05) is 49.7 Å². The Morgan fingerprint density at radius 3 is 2.90 bits per heavy atom. The molecule has 1 fully saturated rings. The van der Waals surface area contributed by atoms with Crippen LogP contribution in [0.25, 0.3) is 0 Å². The van der Waals surface area contributed by atoms with Gasteiger partial charge in [0.15, 0.2) is 5.13 Å². The molecule has 0 amide bonds. The Bertz CT molecular complexity index is 584. The molecule has 0 aliphatic heterocycles. The van der Waals surface area contributed by atoms with Crippen molar-refractivity contribution >= 4 is 16.5 Å². The van der Waals surface area contributed by atoms with Crippen LogP contribution in [0.5, 0.6) is 0 Å². The zero-order valence-corrected chi connectivity index (χ0v) is 13.1. The molecule has 5 nitrogen and oxygen atoms in total. The van der Waals surface area contributed by atoms with Gasteiger partial charge in [0.2, 0.25) is 0 Å². The smallest absolute Gasteiger partial charge is 0.185 e. The van der Waals surface area contributed by atoms with Crippen molar-refractivity contribution in [3.05, 3.63) is 28.5 Å². The van der Waals surface area contributed by atoms with E-state index in [0.717, 1.165) is 18.2 Å². The van der Waals surface area contributed by atoms with Crippen LogP contribution in [0.1, 0.15) is 34.9 Å². The molecule has 1 aliphatic rings. The molecule has 0 atom stereocenters. The third-order valence-electron chi connectivity index (χ3n) is 3.52. The Labute approximate surface area is 123 Å². The molecular formula is C14H21N5S. The van der Waals surface area contributed by atoms with Crippen LogP contribution in [0, 0.1) is 0 Å². The van der Waals surface area contributed by atoms with E-state index in [2.05, 4.69) is 28.6 Å². The molecule has 1 N–H and O–H groups in total. The Kier molecular flexibility index (Phi) is 3.76. The van der Waals surface area contributed by atoms with Crippen molar-refractivity contribution in [2.75, 3.05) is 19.0 Å². The minimum absolute atomic E-state index is 0.704. The number of nitrogens with zero attached hydrogens (tertiary/aromatic N) is 4. The zero-order valence-electron chi connectivity index (χ0n) is 12.3. The summed E-state index contributed by atoms with van der Waals surface area (Å²) in [5, 5.41) is 8.58. The van der Waals surface area contributed by atoms with Crippen molar-refractivity contribution in [2.45, 2.75) is 31.8 Å². The fourth-order valence-corrected chi connectivity index (χ4v) is 3.49. The lowest BCUT2D eigenvalue weighted by atomic mass is 10.2. The van der Waals surface area contributed by atoms with Gasteiger partial charge in [-0.25, -0.2) is 4.98 Å². The highest BCUT2D eigenvalue weighted by Gasteiger charge is 2.29. The van der Waals surface area contributed by atoms with Gasteiger partial charge in [0.25, 0.3) is 0 Å². The van der Waals surface area contributed by atoms with Gasteiger partial charge < -0.3 is 10.2 Å². The average molecular weight is 291 g/mol. The molecule has 0 radical (unpaired) electrons. The lowest BCUT2D eigenvalue weighted by Crippen LogP contribution is -2.15. The minimum atomic E-state index is 0.704.